The summed E-state index contributed by atoms with van der Waals surface area (Å²) in [6.07, 6.45) is 0.611. The fraction of sp³-hybridized carbons (Fsp3) is 0.280. The van der Waals surface area contributed by atoms with Crippen LogP contribution in [0.5, 0.6) is 0 Å². The molecular weight excluding hydrogens is 443 g/mol. The molecular formula is C25H26Cl2N4O. The Balaban J connectivity index is 1.84. The molecule has 2 heterocycles. The van der Waals surface area contributed by atoms with Gasteiger partial charge in [-0.25, -0.2) is 0 Å². The molecule has 0 radical (unpaired) electrons. The van der Waals surface area contributed by atoms with E-state index in [1.807, 2.05) is 62.6 Å². The molecule has 1 N–H and O–H groups in total. The van der Waals surface area contributed by atoms with E-state index in [1.54, 1.807) is 9.36 Å². The lowest BCUT2D eigenvalue weighted by Crippen LogP contribution is -2.14. The Labute approximate surface area is 198 Å². The molecule has 0 amide bonds. The number of benzene rings is 2. The van der Waals surface area contributed by atoms with Crippen LogP contribution in [0.15, 0.2) is 48.5 Å². The van der Waals surface area contributed by atoms with Gasteiger partial charge in [0.2, 0.25) is 0 Å². The minimum atomic E-state index is -0.864. The minimum Gasteiger partial charge on any atom is -0.380 e. The maximum atomic E-state index is 11.6. The van der Waals surface area contributed by atoms with E-state index in [0.717, 1.165) is 57.9 Å². The number of hydrogen-bond acceptors (Lipinski definition) is 3. The van der Waals surface area contributed by atoms with Crippen LogP contribution in [0.3, 0.4) is 0 Å². The van der Waals surface area contributed by atoms with Crippen molar-refractivity contribution in [3.63, 3.8) is 0 Å². The van der Waals surface area contributed by atoms with Gasteiger partial charge in [0.05, 0.1) is 22.8 Å². The summed E-state index contributed by atoms with van der Waals surface area (Å²) < 4.78 is 3.56. The third-order valence-electron chi connectivity index (χ3n) is 5.85. The maximum Gasteiger partial charge on any atom is 0.138 e. The molecule has 7 heteroatoms. The van der Waals surface area contributed by atoms with Crippen LogP contribution in [0.1, 0.15) is 42.5 Å². The number of aliphatic hydroxyl groups is 1. The number of rotatable bonds is 6. The minimum absolute atomic E-state index is 0.681. The van der Waals surface area contributed by atoms with Crippen molar-refractivity contribution in [2.75, 3.05) is 0 Å². The fourth-order valence-electron chi connectivity index (χ4n) is 4.35. The molecule has 4 aromatic rings. The predicted octanol–water partition coefficient (Wildman–Crippen LogP) is 6.00. The van der Waals surface area contributed by atoms with Crippen molar-refractivity contribution in [3.8, 4) is 22.5 Å². The highest BCUT2D eigenvalue weighted by Crippen LogP contribution is 2.36. The first kappa shape index (κ1) is 22.6. The fourth-order valence-corrected chi connectivity index (χ4v) is 4.60. The molecule has 0 saturated heterocycles. The van der Waals surface area contributed by atoms with E-state index < -0.39 is 6.10 Å². The lowest BCUT2D eigenvalue weighted by Gasteiger charge is -2.16. The molecule has 32 heavy (non-hydrogen) atoms. The molecule has 5 nitrogen and oxygen atoms in total. The zero-order valence-corrected chi connectivity index (χ0v) is 20.1. The second-order valence-corrected chi connectivity index (χ2v) is 8.67. The number of hydrogen-bond donors (Lipinski definition) is 1. The van der Waals surface area contributed by atoms with Gasteiger partial charge in [0.15, 0.2) is 0 Å². The summed E-state index contributed by atoms with van der Waals surface area (Å²) in [6.45, 7) is 4.16. The summed E-state index contributed by atoms with van der Waals surface area (Å²) in [5, 5.41) is 22.5. The van der Waals surface area contributed by atoms with Crippen molar-refractivity contribution >= 4 is 23.2 Å². The molecule has 0 spiro atoms. The van der Waals surface area contributed by atoms with E-state index >= 15 is 0 Å². The van der Waals surface area contributed by atoms with Gasteiger partial charge in [0.1, 0.15) is 6.10 Å². The predicted molar refractivity (Wildman–Crippen MR) is 130 cm³/mol. The van der Waals surface area contributed by atoms with E-state index in [1.165, 1.54) is 0 Å². The van der Waals surface area contributed by atoms with Crippen LogP contribution in [-0.2, 0) is 26.9 Å². The third kappa shape index (κ3) is 3.96. The zero-order valence-electron chi connectivity index (χ0n) is 18.6. The van der Waals surface area contributed by atoms with Crippen molar-refractivity contribution in [1.82, 2.24) is 19.6 Å². The molecule has 0 fully saturated rings. The van der Waals surface area contributed by atoms with Crippen molar-refractivity contribution in [2.24, 2.45) is 14.1 Å². The third-order valence-corrected chi connectivity index (χ3v) is 6.35. The van der Waals surface area contributed by atoms with Crippen LogP contribution in [0.4, 0.5) is 0 Å². The largest absolute Gasteiger partial charge is 0.380 e. The van der Waals surface area contributed by atoms with Crippen LogP contribution in [0.25, 0.3) is 22.5 Å². The number of aromatic nitrogens is 4. The number of aliphatic hydroxyl groups excluding tert-OH is 1. The van der Waals surface area contributed by atoms with Crippen LogP contribution >= 0.6 is 23.2 Å². The van der Waals surface area contributed by atoms with Gasteiger partial charge in [0, 0.05) is 46.4 Å². The lowest BCUT2D eigenvalue weighted by atomic mass is 9.96. The Morgan fingerprint density at radius 1 is 0.719 bits per heavy atom. The molecule has 2 aromatic carbocycles. The second-order valence-electron chi connectivity index (χ2n) is 7.80. The zero-order chi connectivity index (χ0) is 23.0. The second kappa shape index (κ2) is 9.10. The Kier molecular flexibility index (Phi) is 6.42. The van der Waals surface area contributed by atoms with Crippen molar-refractivity contribution in [1.29, 1.82) is 0 Å². The number of aryl methyl sites for hydroxylation is 2. The van der Waals surface area contributed by atoms with Gasteiger partial charge in [-0.05, 0) is 37.1 Å². The Hall–Kier alpha value is -2.60. The van der Waals surface area contributed by atoms with E-state index in [4.69, 9.17) is 33.4 Å². The highest BCUT2D eigenvalue weighted by Gasteiger charge is 2.29. The van der Waals surface area contributed by atoms with E-state index in [-0.39, 0.29) is 0 Å². The van der Waals surface area contributed by atoms with E-state index in [2.05, 4.69) is 13.8 Å². The summed E-state index contributed by atoms with van der Waals surface area (Å²) in [6, 6.07) is 15.3. The van der Waals surface area contributed by atoms with Crippen molar-refractivity contribution in [2.45, 2.75) is 32.8 Å². The average molecular weight is 469 g/mol. The summed E-state index contributed by atoms with van der Waals surface area (Å²) >= 11 is 12.1. The van der Waals surface area contributed by atoms with Gasteiger partial charge in [0.25, 0.3) is 0 Å². The molecule has 0 atom stereocenters. The smallest absolute Gasteiger partial charge is 0.138 e. The first-order chi connectivity index (χ1) is 15.3. The summed E-state index contributed by atoms with van der Waals surface area (Å²) in [4.78, 5) is 0. The quantitative estimate of drug-likeness (QED) is 0.377. The normalized spacial score (nSPS) is 11.5. The standard InChI is InChI=1S/C25H26Cl2N4O/c1-5-19-21(15-7-11-17(26)12-8-15)28-30(3)23(19)25(32)24-20(6-2)22(29-31(24)4)16-9-13-18(27)14-10-16/h7-14,25,32H,5-6H2,1-4H3. The van der Waals surface area contributed by atoms with Gasteiger partial charge in [-0.1, -0.05) is 61.3 Å². The van der Waals surface area contributed by atoms with Crippen LogP contribution in [-0.4, -0.2) is 24.7 Å². The Bertz CT molecular complexity index is 1140. The van der Waals surface area contributed by atoms with Crippen molar-refractivity contribution < 1.29 is 5.11 Å². The molecule has 0 unspecified atom stereocenters. The molecule has 166 valence electrons. The van der Waals surface area contributed by atoms with Gasteiger partial charge < -0.3 is 5.11 Å². The number of halogens is 2. The maximum absolute atomic E-state index is 11.6. The molecule has 0 bridgehead atoms. The highest BCUT2D eigenvalue weighted by molar-refractivity contribution is 6.30. The van der Waals surface area contributed by atoms with E-state index in [0.29, 0.717) is 10.0 Å². The highest BCUT2D eigenvalue weighted by atomic mass is 35.5. The first-order valence-electron chi connectivity index (χ1n) is 10.7. The summed E-state index contributed by atoms with van der Waals surface area (Å²) in [7, 11) is 3.75. The van der Waals surface area contributed by atoms with Gasteiger partial charge in [-0.15, -0.1) is 0 Å². The molecule has 0 aliphatic heterocycles. The monoisotopic (exact) mass is 468 g/mol. The van der Waals surface area contributed by atoms with Gasteiger partial charge in [-0.3, -0.25) is 9.36 Å². The average Bonchev–Trinajstić information content (AvgIpc) is 3.30. The van der Waals surface area contributed by atoms with Crippen LogP contribution < -0.4 is 0 Å². The Morgan fingerprint density at radius 3 is 1.38 bits per heavy atom. The van der Waals surface area contributed by atoms with Gasteiger partial charge in [-0.2, -0.15) is 10.2 Å². The van der Waals surface area contributed by atoms with Gasteiger partial charge >= 0.3 is 0 Å². The van der Waals surface area contributed by atoms with Crippen molar-refractivity contribution in [3.05, 3.63) is 81.1 Å². The van der Waals surface area contributed by atoms with Crippen LogP contribution in [0.2, 0.25) is 10.0 Å². The van der Waals surface area contributed by atoms with E-state index in [9.17, 15) is 5.11 Å². The molecule has 0 saturated carbocycles. The summed E-state index contributed by atoms with van der Waals surface area (Å²) in [5.74, 6) is 0. The molecule has 0 aliphatic carbocycles. The lowest BCUT2D eigenvalue weighted by molar-refractivity contribution is 0.197. The molecule has 4 rings (SSSR count). The molecule has 2 aromatic heterocycles. The van der Waals surface area contributed by atoms with Crippen LogP contribution in [0, 0.1) is 0 Å². The summed E-state index contributed by atoms with van der Waals surface area (Å²) in [5.41, 5.74) is 7.25. The first-order valence-corrected chi connectivity index (χ1v) is 11.4. The molecule has 0 aliphatic rings. The Morgan fingerprint density at radius 2 is 1.06 bits per heavy atom. The number of nitrogens with zero attached hydrogens (tertiary/aromatic N) is 4. The topological polar surface area (TPSA) is 55.9 Å². The SMILES string of the molecule is CCc1c(-c2ccc(Cl)cc2)nn(C)c1C(O)c1c(CC)c(-c2ccc(Cl)cc2)nn1C.